The molecule has 0 spiro atoms. The molecule has 2 aliphatic rings. The van der Waals surface area contributed by atoms with Gasteiger partial charge < -0.3 is 10.4 Å². The van der Waals surface area contributed by atoms with Gasteiger partial charge in [-0.1, -0.05) is 0 Å². The number of rotatable bonds is 3. The van der Waals surface area contributed by atoms with Crippen LogP contribution in [0.4, 0.5) is 5.69 Å². The van der Waals surface area contributed by atoms with E-state index in [-0.39, 0.29) is 11.1 Å². The van der Waals surface area contributed by atoms with Crippen molar-refractivity contribution < 1.29 is 24.3 Å². The minimum absolute atomic E-state index is 0.174. The van der Waals surface area contributed by atoms with E-state index in [4.69, 9.17) is 5.11 Å². The summed E-state index contributed by atoms with van der Waals surface area (Å²) < 4.78 is 0. The lowest BCUT2D eigenvalue weighted by Crippen LogP contribution is -2.31. The number of imide groups is 1. The van der Waals surface area contributed by atoms with E-state index in [0.29, 0.717) is 18.5 Å². The predicted octanol–water partition coefficient (Wildman–Crippen LogP) is 0.373. The van der Waals surface area contributed by atoms with Gasteiger partial charge in [0.1, 0.15) is 5.41 Å². The summed E-state index contributed by atoms with van der Waals surface area (Å²) in [6.07, 6.45) is 0.607. The Labute approximate surface area is 113 Å². The van der Waals surface area contributed by atoms with Crippen LogP contribution in [0, 0.1) is 5.41 Å². The Morgan fingerprint density at radius 3 is 2.40 bits per heavy atom. The summed E-state index contributed by atoms with van der Waals surface area (Å²) in [5, 5.41) is 13.6. The standard InChI is InChI=1S/C13H10N2O5/c16-9-7-2-1-6(5-8(7)10(17)15-9)14-11(18)13(3-4-13)12(19)20/h1-2,5H,3-4H2,(H,14,18)(H,19,20)(H,15,16,17). The van der Waals surface area contributed by atoms with Gasteiger partial charge in [-0.05, 0) is 31.0 Å². The van der Waals surface area contributed by atoms with Gasteiger partial charge in [-0.25, -0.2) is 0 Å². The van der Waals surface area contributed by atoms with Crippen LogP contribution < -0.4 is 10.6 Å². The van der Waals surface area contributed by atoms with Gasteiger partial charge in [-0.3, -0.25) is 24.5 Å². The molecule has 0 atom stereocenters. The number of fused-ring (bicyclic) bond motifs is 1. The van der Waals surface area contributed by atoms with Crippen molar-refractivity contribution in [3.63, 3.8) is 0 Å². The maximum Gasteiger partial charge on any atom is 0.319 e. The fourth-order valence-corrected chi connectivity index (χ4v) is 2.16. The van der Waals surface area contributed by atoms with Crippen LogP contribution >= 0.6 is 0 Å². The minimum atomic E-state index is -1.35. The molecule has 0 radical (unpaired) electrons. The van der Waals surface area contributed by atoms with E-state index in [1.165, 1.54) is 18.2 Å². The minimum Gasteiger partial charge on any atom is -0.480 e. The molecule has 1 fully saturated rings. The van der Waals surface area contributed by atoms with Crippen LogP contribution in [-0.4, -0.2) is 28.8 Å². The van der Waals surface area contributed by atoms with Gasteiger partial charge in [0.05, 0.1) is 11.1 Å². The van der Waals surface area contributed by atoms with Crippen LogP contribution in [0.3, 0.4) is 0 Å². The highest BCUT2D eigenvalue weighted by Crippen LogP contribution is 2.46. The van der Waals surface area contributed by atoms with Gasteiger partial charge in [-0.2, -0.15) is 0 Å². The number of amides is 3. The van der Waals surface area contributed by atoms with E-state index in [1.807, 2.05) is 0 Å². The molecule has 0 aromatic heterocycles. The average Bonchev–Trinajstić information content (AvgIpc) is 3.15. The van der Waals surface area contributed by atoms with E-state index in [2.05, 4.69) is 10.6 Å². The van der Waals surface area contributed by atoms with Crippen molar-refractivity contribution in [2.45, 2.75) is 12.8 Å². The third-order valence-electron chi connectivity index (χ3n) is 3.59. The Balaban J connectivity index is 1.85. The van der Waals surface area contributed by atoms with Gasteiger partial charge in [0.2, 0.25) is 5.91 Å². The summed E-state index contributed by atoms with van der Waals surface area (Å²) in [6.45, 7) is 0. The van der Waals surface area contributed by atoms with E-state index in [0.717, 1.165) is 0 Å². The maximum atomic E-state index is 11.9. The maximum absolute atomic E-state index is 11.9. The second kappa shape index (κ2) is 3.89. The van der Waals surface area contributed by atoms with Gasteiger partial charge in [-0.15, -0.1) is 0 Å². The molecule has 3 rings (SSSR count). The molecule has 102 valence electrons. The van der Waals surface area contributed by atoms with Crippen molar-refractivity contribution in [2.75, 3.05) is 5.32 Å². The first-order valence-electron chi connectivity index (χ1n) is 5.99. The first kappa shape index (κ1) is 12.3. The molecule has 1 aromatic rings. The van der Waals surface area contributed by atoms with Crippen LogP contribution in [0.1, 0.15) is 33.6 Å². The Kier molecular flexibility index (Phi) is 2.40. The summed E-state index contributed by atoms with van der Waals surface area (Å²) in [6, 6.07) is 4.25. The third-order valence-corrected chi connectivity index (χ3v) is 3.59. The van der Waals surface area contributed by atoms with Crippen molar-refractivity contribution in [1.82, 2.24) is 5.32 Å². The zero-order valence-electron chi connectivity index (χ0n) is 10.2. The fourth-order valence-electron chi connectivity index (χ4n) is 2.16. The first-order valence-corrected chi connectivity index (χ1v) is 5.99. The highest BCUT2D eigenvalue weighted by molar-refractivity contribution is 6.22. The summed E-state index contributed by atoms with van der Waals surface area (Å²) >= 11 is 0. The zero-order valence-corrected chi connectivity index (χ0v) is 10.2. The number of benzene rings is 1. The molecular formula is C13H10N2O5. The second-order valence-corrected chi connectivity index (χ2v) is 4.88. The third kappa shape index (κ3) is 1.67. The smallest absolute Gasteiger partial charge is 0.319 e. The van der Waals surface area contributed by atoms with E-state index < -0.39 is 29.1 Å². The van der Waals surface area contributed by atoms with E-state index >= 15 is 0 Å². The number of hydrogen-bond acceptors (Lipinski definition) is 4. The van der Waals surface area contributed by atoms with Gasteiger partial charge >= 0.3 is 5.97 Å². The highest BCUT2D eigenvalue weighted by atomic mass is 16.4. The number of hydrogen-bond donors (Lipinski definition) is 3. The van der Waals surface area contributed by atoms with Crippen LogP contribution in [0.5, 0.6) is 0 Å². The lowest BCUT2D eigenvalue weighted by atomic mass is 10.1. The van der Waals surface area contributed by atoms with Crippen molar-refractivity contribution in [3.05, 3.63) is 29.3 Å². The van der Waals surface area contributed by atoms with Crippen LogP contribution in [0.15, 0.2) is 18.2 Å². The zero-order chi connectivity index (χ0) is 14.5. The molecule has 1 aliphatic heterocycles. The van der Waals surface area contributed by atoms with E-state index in [1.54, 1.807) is 0 Å². The van der Waals surface area contributed by atoms with Crippen molar-refractivity contribution >= 4 is 29.4 Å². The number of carbonyl (C=O) groups is 4. The molecule has 1 saturated carbocycles. The summed E-state index contributed by atoms with van der Waals surface area (Å²) in [5.41, 5.74) is -0.636. The topological polar surface area (TPSA) is 113 Å². The van der Waals surface area contributed by atoms with Gasteiger partial charge in [0, 0.05) is 5.69 Å². The van der Waals surface area contributed by atoms with Crippen LogP contribution in [0.25, 0.3) is 0 Å². The molecule has 1 heterocycles. The average molecular weight is 274 g/mol. The van der Waals surface area contributed by atoms with Crippen LogP contribution in [0.2, 0.25) is 0 Å². The number of carbonyl (C=O) groups excluding carboxylic acids is 3. The number of carboxylic acid groups (broad SMARTS) is 1. The molecule has 0 unspecified atom stereocenters. The molecule has 7 nitrogen and oxygen atoms in total. The molecular weight excluding hydrogens is 264 g/mol. The number of carboxylic acids is 1. The number of anilines is 1. The van der Waals surface area contributed by atoms with E-state index in [9.17, 15) is 19.2 Å². The molecule has 0 bridgehead atoms. The number of aliphatic carboxylic acids is 1. The largest absolute Gasteiger partial charge is 0.480 e. The Bertz CT molecular complexity index is 675. The monoisotopic (exact) mass is 274 g/mol. The second-order valence-electron chi connectivity index (χ2n) is 4.88. The number of nitrogens with one attached hydrogen (secondary N) is 2. The Hall–Kier alpha value is -2.70. The molecule has 3 amide bonds. The lowest BCUT2D eigenvalue weighted by Gasteiger charge is -2.11. The quantitative estimate of drug-likeness (QED) is 0.544. The van der Waals surface area contributed by atoms with Gasteiger partial charge in [0.15, 0.2) is 0 Å². The molecule has 1 aromatic carbocycles. The molecule has 7 heteroatoms. The predicted molar refractivity (Wildman–Crippen MR) is 66.2 cm³/mol. The normalized spacial score (nSPS) is 18.2. The highest BCUT2D eigenvalue weighted by Gasteiger charge is 2.57. The van der Waals surface area contributed by atoms with Crippen LogP contribution in [-0.2, 0) is 9.59 Å². The summed E-state index contributed by atoms with van der Waals surface area (Å²) in [4.78, 5) is 45.8. The van der Waals surface area contributed by atoms with Crippen molar-refractivity contribution in [1.29, 1.82) is 0 Å². The fraction of sp³-hybridized carbons (Fsp3) is 0.231. The SMILES string of the molecule is O=C1NC(=O)c2cc(NC(=O)C3(C(=O)O)CC3)ccc21. The molecule has 0 saturated heterocycles. The first-order chi connectivity index (χ1) is 9.44. The van der Waals surface area contributed by atoms with Crippen molar-refractivity contribution in [2.24, 2.45) is 5.41 Å². The molecule has 1 aliphatic carbocycles. The van der Waals surface area contributed by atoms with Gasteiger partial charge in [0.25, 0.3) is 11.8 Å². The van der Waals surface area contributed by atoms with Crippen molar-refractivity contribution in [3.8, 4) is 0 Å². The summed E-state index contributed by atoms with van der Waals surface area (Å²) in [7, 11) is 0. The lowest BCUT2D eigenvalue weighted by molar-refractivity contribution is -0.147. The Morgan fingerprint density at radius 2 is 1.80 bits per heavy atom. The molecule has 20 heavy (non-hydrogen) atoms. The molecule has 3 N–H and O–H groups in total. The Morgan fingerprint density at radius 1 is 1.15 bits per heavy atom. The summed E-state index contributed by atoms with van der Waals surface area (Å²) in [5.74, 6) is -2.76.